The van der Waals surface area contributed by atoms with E-state index in [1.165, 1.54) is 11.7 Å². The molecule has 0 amide bonds. The number of nitrogens with one attached hydrogen (secondary N) is 1. The minimum Gasteiger partial charge on any atom is -0.396 e. The van der Waals surface area contributed by atoms with Gasteiger partial charge in [-0.15, -0.1) is 0 Å². The summed E-state index contributed by atoms with van der Waals surface area (Å²) in [4.78, 5) is 28.1. The SMILES string of the molecule is COCCn1c(N)c(N2CCC(CCO)C2)c(=O)[nH]c1=O. The summed E-state index contributed by atoms with van der Waals surface area (Å²) >= 11 is 0. The van der Waals surface area contributed by atoms with E-state index < -0.39 is 11.2 Å². The van der Waals surface area contributed by atoms with Gasteiger partial charge in [0.2, 0.25) is 0 Å². The molecule has 1 aromatic rings. The van der Waals surface area contributed by atoms with Crippen LogP contribution in [0.4, 0.5) is 11.5 Å². The Bertz CT molecular complexity index is 595. The first-order valence-corrected chi connectivity index (χ1v) is 7.05. The quantitative estimate of drug-likeness (QED) is 0.619. The highest BCUT2D eigenvalue weighted by molar-refractivity contribution is 5.62. The number of nitrogen functional groups attached to an aromatic ring is 1. The van der Waals surface area contributed by atoms with Crippen LogP contribution in [-0.4, -0.2) is 48.1 Å². The number of methoxy groups -OCH3 is 1. The first-order valence-electron chi connectivity index (χ1n) is 7.05. The lowest BCUT2D eigenvalue weighted by Gasteiger charge is -2.21. The van der Waals surface area contributed by atoms with Gasteiger partial charge in [-0.3, -0.25) is 14.3 Å². The summed E-state index contributed by atoms with van der Waals surface area (Å²) in [6, 6.07) is 0. The van der Waals surface area contributed by atoms with E-state index in [9.17, 15) is 9.59 Å². The number of rotatable bonds is 6. The number of hydrogen-bond donors (Lipinski definition) is 3. The van der Waals surface area contributed by atoms with Crippen molar-refractivity contribution < 1.29 is 9.84 Å². The average molecular weight is 298 g/mol. The predicted octanol–water partition coefficient (Wildman–Crippen LogP) is -1.03. The van der Waals surface area contributed by atoms with E-state index in [0.29, 0.717) is 44.3 Å². The summed E-state index contributed by atoms with van der Waals surface area (Å²) in [7, 11) is 1.54. The average Bonchev–Trinajstić information content (AvgIpc) is 2.87. The summed E-state index contributed by atoms with van der Waals surface area (Å²) in [5.74, 6) is 0.513. The van der Waals surface area contributed by atoms with Crippen LogP contribution in [0.3, 0.4) is 0 Å². The van der Waals surface area contributed by atoms with Crippen LogP contribution < -0.4 is 21.9 Å². The van der Waals surface area contributed by atoms with Crippen molar-refractivity contribution in [3.63, 3.8) is 0 Å². The lowest BCUT2D eigenvalue weighted by atomic mass is 10.1. The van der Waals surface area contributed by atoms with E-state index >= 15 is 0 Å². The molecule has 118 valence electrons. The van der Waals surface area contributed by atoms with Crippen LogP contribution in [-0.2, 0) is 11.3 Å². The van der Waals surface area contributed by atoms with Crippen molar-refractivity contribution in [1.29, 1.82) is 0 Å². The van der Waals surface area contributed by atoms with E-state index in [-0.39, 0.29) is 12.4 Å². The van der Waals surface area contributed by atoms with E-state index in [2.05, 4.69) is 4.98 Å². The maximum atomic E-state index is 12.1. The third kappa shape index (κ3) is 3.27. The number of aliphatic hydroxyl groups excluding tert-OH is 1. The van der Waals surface area contributed by atoms with Crippen LogP contribution >= 0.6 is 0 Å². The molecule has 4 N–H and O–H groups in total. The van der Waals surface area contributed by atoms with Gasteiger partial charge in [-0.2, -0.15) is 0 Å². The molecular formula is C13H22N4O4. The molecule has 0 saturated carbocycles. The molecular weight excluding hydrogens is 276 g/mol. The zero-order valence-electron chi connectivity index (χ0n) is 12.2. The zero-order valence-corrected chi connectivity index (χ0v) is 12.2. The van der Waals surface area contributed by atoms with Gasteiger partial charge in [0.25, 0.3) is 5.56 Å². The van der Waals surface area contributed by atoms with Crippen LogP contribution in [0.15, 0.2) is 9.59 Å². The fourth-order valence-corrected chi connectivity index (χ4v) is 2.74. The Balaban J connectivity index is 2.31. The predicted molar refractivity (Wildman–Crippen MR) is 79.6 cm³/mol. The van der Waals surface area contributed by atoms with Crippen molar-refractivity contribution in [2.45, 2.75) is 19.4 Å². The van der Waals surface area contributed by atoms with Gasteiger partial charge in [0, 0.05) is 26.8 Å². The van der Waals surface area contributed by atoms with Crippen molar-refractivity contribution in [2.24, 2.45) is 5.92 Å². The molecule has 8 heteroatoms. The minimum absolute atomic E-state index is 0.137. The first-order chi connectivity index (χ1) is 10.1. The maximum Gasteiger partial charge on any atom is 0.330 e. The Morgan fingerprint density at radius 3 is 2.90 bits per heavy atom. The van der Waals surface area contributed by atoms with E-state index in [1.54, 1.807) is 0 Å². The number of ether oxygens (including phenoxy) is 1. The number of nitrogens with zero attached hydrogens (tertiary/aromatic N) is 2. The second kappa shape index (κ2) is 6.77. The largest absolute Gasteiger partial charge is 0.396 e. The molecule has 0 aromatic carbocycles. The number of hydrogen-bond acceptors (Lipinski definition) is 6. The molecule has 0 aliphatic carbocycles. The van der Waals surface area contributed by atoms with Crippen molar-refractivity contribution in [1.82, 2.24) is 9.55 Å². The summed E-state index contributed by atoms with van der Waals surface area (Å²) in [6.07, 6.45) is 1.61. The molecule has 1 aliphatic heterocycles. The smallest absolute Gasteiger partial charge is 0.330 e. The zero-order chi connectivity index (χ0) is 15.4. The van der Waals surface area contributed by atoms with Gasteiger partial charge in [0.1, 0.15) is 11.5 Å². The lowest BCUT2D eigenvalue weighted by molar-refractivity contribution is 0.186. The standard InChI is InChI=1S/C13H22N4O4/c1-21-7-5-17-11(14)10(12(19)15-13(17)20)16-4-2-9(8-16)3-6-18/h9,18H,2-8,14H2,1H3,(H,15,19,20). The molecule has 21 heavy (non-hydrogen) atoms. The third-order valence-electron chi connectivity index (χ3n) is 3.87. The van der Waals surface area contributed by atoms with Gasteiger partial charge >= 0.3 is 5.69 Å². The van der Waals surface area contributed by atoms with Crippen LogP contribution in [0.1, 0.15) is 12.8 Å². The van der Waals surface area contributed by atoms with E-state index in [0.717, 1.165) is 6.42 Å². The molecule has 1 saturated heterocycles. The van der Waals surface area contributed by atoms with Crippen molar-refractivity contribution in [3.8, 4) is 0 Å². The monoisotopic (exact) mass is 298 g/mol. The van der Waals surface area contributed by atoms with Crippen molar-refractivity contribution >= 4 is 11.5 Å². The van der Waals surface area contributed by atoms with E-state index in [1.807, 2.05) is 4.90 Å². The third-order valence-corrected chi connectivity index (χ3v) is 3.87. The molecule has 2 rings (SSSR count). The molecule has 2 heterocycles. The second-order valence-electron chi connectivity index (χ2n) is 5.25. The van der Waals surface area contributed by atoms with Gasteiger partial charge < -0.3 is 20.5 Å². The highest BCUT2D eigenvalue weighted by atomic mass is 16.5. The molecule has 1 atom stereocenters. The number of nitrogens with two attached hydrogens (primary N) is 1. The summed E-state index contributed by atoms with van der Waals surface area (Å²) in [5, 5.41) is 9.00. The first kappa shape index (κ1) is 15.6. The fraction of sp³-hybridized carbons (Fsp3) is 0.692. The number of aromatic nitrogens is 2. The normalized spacial score (nSPS) is 18.4. The van der Waals surface area contributed by atoms with Crippen LogP contribution in [0, 0.1) is 5.92 Å². The van der Waals surface area contributed by atoms with E-state index in [4.69, 9.17) is 15.6 Å². The van der Waals surface area contributed by atoms with Gasteiger partial charge in [-0.1, -0.05) is 0 Å². The molecule has 1 unspecified atom stereocenters. The number of aliphatic hydroxyl groups is 1. The Hall–Kier alpha value is -1.80. The van der Waals surface area contributed by atoms with Gasteiger partial charge in [0.05, 0.1) is 13.2 Å². The van der Waals surface area contributed by atoms with Crippen molar-refractivity contribution in [3.05, 3.63) is 20.8 Å². The van der Waals surface area contributed by atoms with Crippen molar-refractivity contribution in [2.75, 3.05) is 44.0 Å². The number of anilines is 2. The minimum atomic E-state index is -0.524. The van der Waals surface area contributed by atoms with Gasteiger partial charge in [0.15, 0.2) is 0 Å². The Kier molecular flexibility index (Phi) is 5.03. The Morgan fingerprint density at radius 1 is 1.48 bits per heavy atom. The van der Waals surface area contributed by atoms with Gasteiger partial charge in [-0.25, -0.2) is 4.79 Å². The molecule has 8 nitrogen and oxygen atoms in total. The fourth-order valence-electron chi connectivity index (χ4n) is 2.74. The van der Waals surface area contributed by atoms with Gasteiger partial charge in [-0.05, 0) is 18.8 Å². The lowest BCUT2D eigenvalue weighted by Crippen LogP contribution is -2.38. The molecule has 0 spiro atoms. The Morgan fingerprint density at radius 2 is 2.24 bits per heavy atom. The molecule has 1 aliphatic rings. The number of aromatic amines is 1. The molecule has 0 bridgehead atoms. The highest BCUT2D eigenvalue weighted by Crippen LogP contribution is 2.26. The number of H-pyrrole nitrogens is 1. The molecule has 1 aromatic heterocycles. The second-order valence-corrected chi connectivity index (χ2v) is 5.25. The van der Waals surface area contributed by atoms with Crippen LogP contribution in [0.25, 0.3) is 0 Å². The maximum absolute atomic E-state index is 12.1. The highest BCUT2D eigenvalue weighted by Gasteiger charge is 2.27. The topological polar surface area (TPSA) is 114 Å². The molecule has 0 radical (unpaired) electrons. The molecule has 1 fully saturated rings. The summed E-state index contributed by atoms with van der Waals surface area (Å²) in [5.41, 5.74) is 5.37. The Labute approximate surface area is 122 Å². The van der Waals surface area contributed by atoms with Crippen LogP contribution in [0.2, 0.25) is 0 Å². The van der Waals surface area contributed by atoms with Crippen LogP contribution in [0.5, 0.6) is 0 Å². The summed E-state index contributed by atoms with van der Waals surface area (Å²) in [6.45, 7) is 2.12. The summed E-state index contributed by atoms with van der Waals surface area (Å²) < 4.78 is 6.27.